The van der Waals surface area contributed by atoms with Crippen LogP contribution in [-0.4, -0.2) is 37.2 Å². The van der Waals surface area contributed by atoms with Crippen LogP contribution >= 0.6 is 0 Å². The summed E-state index contributed by atoms with van der Waals surface area (Å²) in [4.78, 5) is 38.0. The number of rotatable bonds is 49. The summed E-state index contributed by atoms with van der Waals surface area (Å²) >= 11 is 0. The number of esters is 3. The van der Waals surface area contributed by atoms with E-state index in [-0.39, 0.29) is 31.1 Å². The Morgan fingerprint density at radius 3 is 0.889 bits per heavy atom. The van der Waals surface area contributed by atoms with Gasteiger partial charge in [0.1, 0.15) is 13.2 Å². The van der Waals surface area contributed by atoms with Gasteiger partial charge in [-0.15, -0.1) is 0 Å². The molecule has 0 aliphatic carbocycles. The van der Waals surface area contributed by atoms with Gasteiger partial charge in [0.15, 0.2) is 6.10 Å². The van der Waals surface area contributed by atoms with Crippen molar-refractivity contribution < 1.29 is 28.6 Å². The lowest BCUT2D eigenvalue weighted by molar-refractivity contribution is -0.167. The van der Waals surface area contributed by atoms with E-state index < -0.39 is 6.10 Å². The minimum absolute atomic E-state index is 0.0771. The number of unbranched alkanes of at least 4 members (excludes halogenated alkanes) is 30. The summed E-state index contributed by atoms with van der Waals surface area (Å²) in [6, 6.07) is 0. The maximum Gasteiger partial charge on any atom is 0.306 e. The largest absolute Gasteiger partial charge is 0.462 e. The van der Waals surface area contributed by atoms with Crippen LogP contribution in [0.2, 0.25) is 0 Å². The molecular weight excluding hydrogens is 781 g/mol. The quantitative estimate of drug-likeness (QED) is 0.0262. The zero-order valence-electron chi connectivity index (χ0n) is 41.8. The molecule has 0 bridgehead atoms. The minimum atomic E-state index is -0.777. The lowest BCUT2D eigenvalue weighted by Gasteiger charge is -2.18. The van der Waals surface area contributed by atoms with Gasteiger partial charge in [-0.25, -0.2) is 0 Å². The van der Waals surface area contributed by atoms with Crippen LogP contribution in [0.3, 0.4) is 0 Å². The first-order chi connectivity index (χ1) is 31.0. The van der Waals surface area contributed by atoms with Crippen molar-refractivity contribution in [1.82, 2.24) is 0 Å². The topological polar surface area (TPSA) is 78.9 Å². The molecule has 0 saturated heterocycles. The van der Waals surface area contributed by atoms with Crippen molar-refractivity contribution in [3.05, 3.63) is 48.6 Å². The molecule has 0 N–H and O–H groups in total. The summed E-state index contributed by atoms with van der Waals surface area (Å²) < 4.78 is 16.8. The molecule has 0 aliphatic heterocycles. The Bertz CT molecular complexity index is 1110. The molecule has 366 valence electrons. The van der Waals surface area contributed by atoms with E-state index >= 15 is 0 Å². The van der Waals surface area contributed by atoms with Crippen molar-refractivity contribution in [3.8, 4) is 0 Å². The number of allylic oxidation sites excluding steroid dienone is 8. The van der Waals surface area contributed by atoms with Gasteiger partial charge >= 0.3 is 17.9 Å². The van der Waals surface area contributed by atoms with Crippen LogP contribution in [0.15, 0.2) is 48.6 Å². The molecule has 0 aromatic heterocycles. The highest BCUT2D eigenvalue weighted by atomic mass is 16.6. The summed E-state index contributed by atoms with van der Waals surface area (Å²) in [7, 11) is 0. The van der Waals surface area contributed by atoms with Crippen molar-refractivity contribution in [2.24, 2.45) is 0 Å². The van der Waals surface area contributed by atoms with Crippen molar-refractivity contribution in [2.75, 3.05) is 13.2 Å². The minimum Gasteiger partial charge on any atom is -0.462 e. The lowest BCUT2D eigenvalue weighted by atomic mass is 10.1. The van der Waals surface area contributed by atoms with Crippen molar-refractivity contribution >= 4 is 17.9 Å². The average Bonchev–Trinajstić information content (AvgIpc) is 3.28. The highest BCUT2D eigenvalue weighted by Crippen LogP contribution is 2.15. The maximum atomic E-state index is 12.8. The summed E-state index contributed by atoms with van der Waals surface area (Å²) in [5.41, 5.74) is 0. The highest BCUT2D eigenvalue weighted by Gasteiger charge is 2.19. The molecule has 0 amide bonds. The Morgan fingerprint density at radius 2 is 0.571 bits per heavy atom. The molecule has 1 atom stereocenters. The molecule has 0 fully saturated rings. The van der Waals surface area contributed by atoms with Crippen LogP contribution in [-0.2, 0) is 28.6 Å². The van der Waals surface area contributed by atoms with Crippen LogP contribution in [0.4, 0.5) is 0 Å². The fraction of sp³-hybridized carbons (Fsp3) is 0.807. The third kappa shape index (κ3) is 50.2. The Balaban J connectivity index is 4.32. The second-order valence-electron chi connectivity index (χ2n) is 18.1. The van der Waals surface area contributed by atoms with Crippen LogP contribution in [0.25, 0.3) is 0 Å². The number of carbonyl (C=O) groups excluding carboxylic acids is 3. The van der Waals surface area contributed by atoms with E-state index in [9.17, 15) is 14.4 Å². The fourth-order valence-electron chi connectivity index (χ4n) is 7.68. The van der Waals surface area contributed by atoms with Gasteiger partial charge in [-0.2, -0.15) is 0 Å². The molecule has 6 nitrogen and oxygen atoms in total. The molecule has 0 aliphatic rings. The van der Waals surface area contributed by atoms with Gasteiger partial charge in [0.2, 0.25) is 0 Å². The molecule has 0 radical (unpaired) electrons. The molecule has 0 aromatic carbocycles. The zero-order valence-corrected chi connectivity index (χ0v) is 41.8. The number of ether oxygens (including phenoxy) is 3. The van der Waals surface area contributed by atoms with Gasteiger partial charge in [-0.05, 0) is 83.5 Å². The standard InChI is InChI=1S/C57H102O6/c1-4-7-10-13-16-19-21-23-25-27-29-31-33-35-38-41-44-47-50-56(59)62-53-54(52-61-55(58)49-46-43-40-37-18-15-12-9-6-3)63-57(60)51-48-45-42-39-36-34-32-30-28-26-24-22-20-17-14-11-8-5-2/h19-22,25-28,54H,4-18,23-24,29-53H2,1-3H3/b21-19-,22-20-,27-25-,28-26-. The van der Waals surface area contributed by atoms with Gasteiger partial charge < -0.3 is 14.2 Å². The van der Waals surface area contributed by atoms with Gasteiger partial charge in [-0.3, -0.25) is 14.4 Å². The van der Waals surface area contributed by atoms with E-state index in [0.29, 0.717) is 19.3 Å². The van der Waals surface area contributed by atoms with Crippen LogP contribution in [0.5, 0.6) is 0 Å². The summed E-state index contributed by atoms with van der Waals surface area (Å²) in [5, 5.41) is 0. The lowest BCUT2D eigenvalue weighted by Crippen LogP contribution is -2.30. The Hall–Kier alpha value is -2.63. The third-order valence-electron chi connectivity index (χ3n) is 11.8. The molecule has 0 saturated carbocycles. The van der Waals surface area contributed by atoms with Gasteiger partial charge in [0.25, 0.3) is 0 Å². The van der Waals surface area contributed by atoms with Gasteiger partial charge in [0.05, 0.1) is 0 Å². The van der Waals surface area contributed by atoms with E-state index in [0.717, 1.165) is 83.5 Å². The van der Waals surface area contributed by atoms with Crippen molar-refractivity contribution in [2.45, 2.75) is 284 Å². The first-order valence-electron chi connectivity index (χ1n) is 27.1. The zero-order chi connectivity index (χ0) is 45.8. The van der Waals surface area contributed by atoms with Gasteiger partial charge in [0, 0.05) is 19.3 Å². The van der Waals surface area contributed by atoms with Crippen molar-refractivity contribution in [3.63, 3.8) is 0 Å². The first kappa shape index (κ1) is 60.4. The average molecular weight is 883 g/mol. The van der Waals surface area contributed by atoms with E-state index in [1.54, 1.807) is 0 Å². The first-order valence-corrected chi connectivity index (χ1v) is 27.1. The molecule has 6 heteroatoms. The Kier molecular flexibility index (Phi) is 49.8. The SMILES string of the molecule is CCCCCC/C=C\C/C=C\CCCCCCCCCC(=O)OCC(COC(=O)CCCCCCCCCCC)OC(=O)CCCCCCCCC/C=C\C/C=C\CCCCCC. The second kappa shape index (κ2) is 52.0. The Morgan fingerprint density at radius 1 is 0.317 bits per heavy atom. The maximum absolute atomic E-state index is 12.8. The van der Waals surface area contributed by atoms with Crippen LogP contribution in [0.1, 0.15) is 278 Å². The number of hydrogen-bond donors (Lipinski definition) is 0. The van der Waals surface area contributed by atoms with E-state index in [4.69, 9.17) is 14.2 Å². The van der Waals surface area contributed by atoms with Crippen LogP contribution in [0, 0.1) is 0 Å². The molecule has 0 aromatic rings. The third-order valence-corrected chi connectivity index (χ3v) is 11.8. The monoisotopic (exact) mass is 883 g/mol. The fourth-order valence-corrected chi connectivity index (χ4v) is 7.68. The smallest absolute Gasteiger partial charge is 0.306 e. The molecule has 0 spiro atoms. The van der Waals surface area contributed by atoms with Crippen molar-refractivity contribution in [1.29, 1.82) is 0 Å². The van der Waals surface area contributed by atoms with E-state index in [1.165, 1.54) is 154 Å². The number of hydrogen-bond acceptors (Lipinski definition) is 6. The number of carbonyl (C=O) groups is 3. The van der Waals surface area contributed by atoms with Gasteiger partial charge in [-0.1, -0.05) is 223 Å². The molecule has 63 heavy (non-hydrogen) atoms. The van der Waals surface area contributed by atoms with E-state index in [1.807, 2.05) is 0 Å². The summed E-state index contributed by atoms with van der Waals surface area (Å²) in [5.74, 6) is -0.887. The Labute approximate surface area is 390 Å². The predicted octanol–water partition coefficient (Wildman–Crippen LogP) is 17.9. The predicted molar refractivity (Wildman–Crippen MR) is 270 cm³/mol. The van der Waals surface area contributed by atoms with E-state index in [2.05, 4.69) is 69.4 Å². The summed E-state index contributed by atoms with van der Waals surface area (Å²) in [6.45, 7) is 6.59. The van der Waals surface area contributed by atoms with Crippen LogP contribution < -0.4 is 0 Å². The molecule has 1 unspecified atom stereocenters. The summed E-state index contributed by atoms with van der Waals surface area (Å²) in [6.07, 6.45) is 62.4. The molecule has 0 heterocycles. The molecular formula is C57H102O6. The normalized spacial score (nSPS) is 12.4. The molecule has 0 rings (SSSR count). The second-order valence-corrected chi connectivity index (χ2v) is 18.1. The highest BCUT2D eigenvalue weighted by molar-refractivity contribution is 5.71.